The topological polar surface area (TPSA) is 65.5 Å². The number of aromatic nitrogens is 1. The number of anilines is 1. The molecule has 1 aliphatic carbocycles. The predicted molar refractivity (Wildman–Crippen MR) is 150 cm³/mol. The number of fused-ring (bicyclic) bond motifs is 1. The van der Waals surface area contributed by atoms with Crippen LogP contribution >= 0.6 is 11.6 Å². The van der Waals surface area contributed by atoms with Crippen LogP contribution in [-0.2, 0) is 12.6 Å². The van der Waals surface area contributed by atoms with Crippen LogP contribution in [0.4, 0.5) is 18.9 Å². The summed E-state index contributed by atoms with van der Waals surface area (Å²) in [4.78, 5) is 35.0. The highest BCUT2D eigenvalue weighted by Crippen LogP contribution is 2.42. The van der Waals surface area contributed by atoms with Crippen molar-refractivity contribution < 1.29 is 22.8 Å². The maximum Gasteiger partial charge on any atom is 0.417 e. The minimum absolute atomic E-state index is 0.0286. The molecule has 2 amide bonds. The van der Waals surface area contributed by atoms with Crippen LogP contribution in [0.3, 0.4) is 0 Å². The van der Waals surface area contributed by atoms with Gasteiger partial charge in [-0.3, -0.25) is 14.6 Å². The molecule has 3 aliphatic rings. The molecule has 2 aliphatic heterocycles. The van der Waals surface area contributed by atoms with Crippen molar-refractivity contribution in [2.75, 3.05) is 31.1 Å². The van der Waals surface area contributed by atoms with Gasteiger partial charge in [0.15, 0.2) is 0 Å². The molecule has 0 bridgehead atoms. The number of piperidine rings is 1. The van der Waals surface area contributed by atoms with Gasteiger partial charge in [-0.2, -0.15) is 13.2 Å². The molecule has 2 fully saturated rings. The SMILES string of the molecule is O=C(NC1CCc2ccc(C(=O)N3CCC4(CCN(c5ccncc5)CC4)C3)cc21)c1cccc(C(F)(F)F)c1Cl. The molecule has 3 aromatic rings. The Labute approximate surface area is 241 Å². The van der Waals surface area contributed by atoms with Crippen LogP contribution < -0.4 is 10.2 Å². The lowest BCUT2D eigenvalue weighted by Crippen LogP contribution is -2.42. The summed E-state index contributed by atoms with van der Waals surface area (Å²) in [7, 11) is 0. The number of hydrogen-bond acceptors (Lipinski definition) is 4. The second-order valence-electron chi connectivity index (χ2n) is 11.3. The van der Waals surface area contributed by atoms with E-state index in [1.54, 1.807) is 0 Å². The van der Waals surface area contributed by atoms with E-state index in [4.69, 9.17) is 11.6 Å². The van der Waals surface area contributed by atoms with Crippen molar-refractivity contribution in [3.8, 4) is 0 Å². The standard InChI is InChI=1S/C31H30ClF3N4O2/c32-27-23(2-1-3-25(27)31(33,34)35)28(40)37-26-7-6-20-4-5-21(18-24(20)26)29(41)39-17-12-30(19-39)10-15-38(16-11-30)22-8-13-36-14-9-22/h1-5,8-9,13-14,18,26H,6-7,10-12,15-17,19H2,(H,37,40). The summed E-state index contributed by atoms with van der Waals surface area (Å²) in [5.41, 5.74) is 2.44. The molecule has 6 rings (SSSR count). The van der Waals surface area contributed by atoms with Gasteiger partial charge in [-0.05, 0) is 85.0 Å². The van der Waals surface area contributed by atoms with E-state index >= 15 is 0 Å². The second-order valence-corrected chi connectivity index (χ2v) is 11.7. The molecule has 1 spiro atoms. The highest BCUT2D eigenvalue weighted by atomic mass is 35.5. The predicted octanol–water partition coefficient (Wildman–Crippen LogP) is 6.30. The molecule has 0 radical (unpaired) electrons. The Bertz CT molecular complexity index is 1470. The number of hydrogen-bond donors (Lipinski definition) is 1. The maximum absolute atomic E-state index is 13.6. The fraction of sp³-hybridized carbons (Fsp3) is 0.387. The van der Waals surface area contributed by atoms with Gasteiger partial charge in [0.2, 0.25) is 0 Å². The lowest BCUT2D eigenvalue weighted by Gasteiger charge is -2.40. The fourth-order valence-electron chi connectivity index (χ4n) is 6.54. The van der Waals surface area contributed by atoms with Gasteiger partial charge in [0, 0.05) is 49.8 Å². The normalized spacial score (nSPS) is 19.9. The lowest BCUT2D eigenvalue weighted by atomic mass is 9.77. The number of carbonyl (C=O) groups is 2. The molecule has 3 heterocycles. The Kier molecular flexibility index (Phi) is 7.18. The molecule has 1 aromatic heterocycles. The number of likely N-dealkylation sites (tertiary alicyclic amines) is 1. The Balaban J connectivity index is 1.13. The summed E-state index contributed by atoms with van der Waals surface area (Å²) in [6.45, 7) is 3.32. The van der Waals surface area contributed by atoms with Crippen LogP contribution in [0.2, 0.25) is 5.02 Å². The monoisotopic (exact) mass is 582 g/mol. The third kappa shape index (κ3) is 5.39. The van der Waals surface area contributed by atoms with Crippen molar-refractivity contribution in [1.82, 2.24) is 15.2 Å². The van der Waals surface area contributed by atoms with E-state index in [0.29, 0.717) is 24.9 Å². The zero-order valence-corrected chi connectivity index (χ0v) is 23.1. The zero-order chi connectivity index (χ0) is 28.8. The van der Waals surface area contributed by atoms with E-state index in [2.05, 4.69) is 15.2 Å². The van der Waals surface area contributed by atoms with Gasteiger partial charge >= 0.3 is 6.18 Å². The number of carbonyl (C=O) groups excluding carboxylic acids is 2. The van der Waals surface area contributed by atoms with E-state index in [1.807, 2.05) is 47.6 Å². The largest absolute Gasteiger partial charge is 0.417 e. The molecule has 1 N–H and O–H groups in total. The lowest BCUT2D eigenvalue weighted by molar-refractivity contribution is -0.137. The summed E-state index contributed by atoms with van der Waals surface area (Å²) < 4.78 is 39.9. The molecule has 0 saturated carbocycles. The van der Waals surface area contributed by atoms with Gasteiger partial charge in [-0.1, -0.05) is 23.7 Å². The summed E-state index contributed by atoms with van der Waals surface area (Å²) in [5, 5.41) is 2.23. The molecule has 2 aromatic carbocycles. The second kappa shape index (κ2) is 10.7. The number of halogens is 4. The minimum Gasteiger partial charge on any atom is -0.371 e. The number of benzene rings is 2. The average Bonchev–Trinajstić information content (AvgIpc) is 3.57. The van der Waals surface area contributed by atoms with Gasteiger partial charge in [-0.15, -0.1) is 0 Å². The van der Waals surface area contributed by atoms with Gasteiger partial charge in [0.1, 0.15) is 0 Å². The third-order valence-electron chi connectivity index (χ3n) is 8.90. The maximum atomic E-state index is 13.6. The van der Waals surface area contributed by atoms with E-state index in [9.17, 15) is 22.8 Å². The number of pyridine rings is 1. The number of amides is 2. The van der Waals surface area contributed by atoms with E-state index in [-0.39, 0.29) is 16.9 Å². The summed E-state index contributed by atoms with van der Waals surface area (Å²) in [6.07, 6.45) is 3.27. The van der Waals surface area contributed by atoms with Crippen LogP contribution in [0.1, 0.15) is 69.1 Å². The Morgan fingerprint density at radius 1 is 1.00 bits per heavy atom. The van der Waals surface area contributed by atoms with Crippen LogP contribution in [0.5, 0.6) is 0 Å². The summed E-state index contributed by atoms with van der Waals surface area (Å²) in [6, 6.07) is 12.5. The van der Waals surface area contributed by atoms with Crippen molar-refractivity contribution in [2.24, 2.45) is 5.41 Å². The number of nitrogens with zero attached hydrogens (tertiary/aromatic N) is 3. The quantitative estimate of drug-likeness (QED) is 0.392. The highest BCUT2D eigenvalue weighted by molar-refractivity contribution is 6.34. The summed E-state index contributed by atoms with van der Waals surface area (Å²) in [5.74, 6) is -0.700. The van der Waals surface area contributed by atoms with Crippen molar-refractivity contribution in [2.45, 2.75) is 44.3 Å². The minimum atomic E-state index is -4.66. The van der Waals surface area contributed by atoms with Crippen molar-refractivity contribution in [3.63, 3.8) is 0 Å². The molecule has 1 atom stereocenters. The zero-order valence-electron chi connectivity index (χ0n) is 22.4. The third-order valence-corrected chi connectivity index (χ3v) is 9.31. The highest BCUT2D eigenvalue weighted by Gasteiger charge is 2.42. The average molecular weight is 583 g/mol. The first-order chi connectivity index (χ1) is 19.6. The molecule has 1 unspecified atom stereocenters. The molecule has 6 nitrogen and oxygen atoms in total. The van der Waals surface area contributed by atoms with E-state index in [0.717, 1.165) is 56.1 Å². The Morgan fingerprint density at radius 2 is 1.73 bits per heavy atom. The molecule has 2 saturated heterocycles. The summed E-state index contributed by atoms with van der Waals surface area (Å²) >= 11 is 5.98. The molecule has 41 heavy (non-hydrogen) atoms. The van der Waals surface area contributed by atoms with Gasteiger partial charge < -0.3 is 15.1 Å². The number of aryl methyl sites for hydroxylation is 1. The van der Waals surface area contributed by atoms with Crippen molar-refractivity contribution >= 4 is 29.1 Å². The smallest absolute Gasteiger partial charge is 0.371 e. The number of nitrogens with one attached hydrogen (secondary N) is 1. The van der Waals surface area contributed by atoms with Crippen LogP contribution in [-0.4, -0.2) is 47.9 Å². The molecular weight excluding hydrogens is 553 g/mol. The molecule has 10 heteroatoms. The van der Waals surface area contributed by atoms with Crippen molar-refractivity contribution in [3.05, 3.63) is 93.8 Å². The Hall–Kier alpha value is -3.59. The van der Waals surface area contributed by atoms with Crippen molar-refractivity contribution in [1.29, 1.82) is 0 Å². The number of rotatable bonds is 4. The Morgan fingerprint density at radius 3 is 2.46 bits per heavy atom. The molecule has 214 valence electrons. The van der Waals surface area contributed by atoms with Crippen LogP contribution in [0.15, 0.2) is 60.9 Å². The first-order valence-corrected chi connectivity index (χ1v) is 14.3. The van der Waals surface area contributed by atoms with E-state index in [1.165, 1.54) is 17.8 Å². The fourth-order valence-corrected chi connectivity index (χ4v) is 6.86. The van der Waals surface area contributed by atoms with E-state index < -0.39 is 28.7 Å². The first kappa shape index (κ1) is 27.6. The van der Waals surface area contributed by atoms with Crippen LogP contribution in [0, 0.1) is 5.41 Å². The first-order valence-electron chi connectivity index (χ1n) is 13.9. The number of alkyl halides is 3. The molecular formula is C31H30ClF3N4O2. The van der Waals surface area contributed by atoms with Gasteiger partial charge in [0.25, 0.3) is 11.8 Å². The van der Waals surface area contributed by atoms with Crippen LogP contribution in [0.25, 0.3) is 0 Å². The van der Waals surface area contributed by atoms with Gasteiger partial charge in [-0.25, -0.2) is 0 Å². The van der Waals surface area contributed by atoms with Gasteiger partial charge in [0.05, 0.1) is 22.2 Å².